The van der Waals surface area contributed by atoms with E-state index in [0.717, 1.165) is 25.1 Å². The zero-order valence-corrected chi connectivity index (χ0v) is 12.6. The molecule has 2 saturated heterocycles. The molecule has 0 N–H and O–H groups in total. The Morgan fingerprint density at radius 3 is 2.55 bits per heavy atom. The van der Waals surface area contributed by atoms with Crippen molar-refractivity contribution in [2.24, 2.45) is 0 Å². The fourth-order valence-electron chi connectivity index (χ4n) is 4.23. The fraction of sp³-hybridized carbons (Fsp3) is 0.421. The van der Waals surface area contributed by atoms with E-state index >= 15 is 0 Å². The lowest BCUT2D eigenvalue weighted by atomic mass is 10.1. The standard InChI is InChI=1S/C19H19N3/c1-2-14-3-8-17(9-14)22-13-18-10-19(22)12-21(18)16-6-4-15(11-20)5-7-16/h1,4-7,9,17-19H,3,8,10,12-13H2/t17-,18+,19+/m1/s1. The second kappa shape index (κ2) is 5.20. The molecule has 2 fully saturated rings. The number of nitriles is 1. The quantitative estimate of drug-likeness (QED) is 0.784. The van der Waals surface area contributed by atoms with Crippen molar-refractivity contribution in [3.63, 3.8) is 0 Å². The summed E-state index contributed by atoms with van der Waals surface area (Å²) < 4.78 is 0. The third-order valence-electron chi connectivity index (χ3n) is 5.33. The number of fused-ring (bicyclic) bond motifs is 2. The van der Waals surface area contributed by atoms with Gasteiger partial charge in [0.25, 0.3) is 0 Å². The normalized spacial score (nSPS) is 30.2. The Balaban J connectivity index is 1.47. The lowest BCUT2D eigenvalue weighted by molar-refractivity contribution is 0.196. The minimum absolute atomic E-state index is 0.546. The second-order valence-corrected chi connectivity index (χ2v) is 6.49. The summed E-state index contributed by atoms with van der Waals surface area (Å²) in [5.74, 6) is 2.80. The zero-order valence-electron chi connectivity index (χ0n) is 12.6. The summed E-state index contributed by atoms with van der Waals surface area (Å²) in [7, 11) is 0. The molecule has 1 aliphatic carbocycles. The van der Waals surface area contributed by atoms with Gasteiger partial charge in [0.05, 0.1) is 11.6 Å². The molecule has 3 aliphatic rings. The molecule has 0 unspecified atom stereocenters. The highest BCUT2D eigenvalue weighted by Gasteiger charge is 2.45. The topological polar surface area (TPSA) is 30.3 Å². The number of piperazine rings is 1. The molecule has 2 heterocycles. The van der Waals surface area contributed by atoms with Gasteiger partial charge in [-0.15, -0.1) is 6.42 Å². The number of hydrogen-bond donors (Lipinski definition) is 0. The van der Waals surface area contributed by atoms with Crippen LogP contribution in [0.25, 0.3) is 0 Å². The highest BCUT2D eigenvalue weighted by molar-refractivity contribution is 5.52. The van der Waals surface area contributed by atoms with E-state index in [1.165, 1.54) is 24.1 Å². The van der Waals surface area contributed by atoms with Crippen LogP contribution in [0.3, 0.4) is 0 Å². The van der Waals surface area contributed by atoms with Gasteiger partial charge in [-0.1, -0.05) is 12.0 Å². The van der Waals surface area contributed by atoms with E-state index in [9.17, 15) is 0 Å². The molecule has 2 aliphatic heterocycles. The number of hydrogen-bond acceptors (Lipinski definition) is 3. The number of nitrogens with zero attached hydrogens (tertiary/aromatic N) is 3. The third kappa shape index (κ3) is 2.10. The van der Waals surface area contributed by atoms with Crippen LogP contribution in [0.2, 0.25) is 0 Å². The number of rotatable bonds is 2. The number of likely N-dealkylation sites (tertiary alicyclic amines) is 1. The van der Waals surface area contributed by atoms with E-state index in [1.807, 2.05) is 12.1 Å². The molecule has 4 rings (SSSR count). The molecule has 2 bridgehead atoms. The average Bonchev–Trinajstić information content (AvgIpc) is 3.29. The Morgan fingerprint density at radius 1 is 1.14 bits per heavy atom. The van der Waals surface area contributed by atoms with E-state index < -0.39 is 0 Å². The summed E-state index contributed by atoms with van der Waals surface area (Å²) in [6.07, 6.45) is 11.3. The maximum Gasteiger partial charge on any atom is 0.0991 e. The van der Waals surface area contributed by atoms with Crippen molar-refractivity contribution in [2.75, 3.05) is 18.0 Å². The molecule has 1 aromatic carbocycles. The third-order valence-corrected chi connectivity index (χ3v) is 5.33. The van der Waals surface area contributed by atoms with Gasteiger partial charge < -0.3 is 4.90 Å². The van der Waals surface area contributed by atoms with Gasteiger partial charge in [0, 0.05) is 36.9 Å². The molecule has 0 saturated carbocycles. The van der Waals surface area contributed by atoms with E-state index in [1.54, 1.807) is 0 Å². The fourth-order valence-corrected chi connectivity index (χ4v) is 4.23. The van der Waals surface area contributed by atoms with Gasteiger partial charge in [-0.25, -0.2) is 0 Å². The summed E-state index contributed by atoms with van der Waals surface area (Å²) in [4.78, 5) is 5.15. The van der Waals surface area contributed by atoms with Gasteiger partial charge in [0.2, 0.25) is 0 Å². The van der Waals surface area contributed by atoms with E-state index in [2.05, 4.69) is 40.0 Å². The molecule has 0 aromatic heterocycles. The minimum atomic E-state index is 0.546. The molecule has 3 nitrogen and oxygen atoms in total. The Morgan fingerprint density at radius 2 is 1.95 bits per heavy atom. The second-order valence-electron chi connectivity index (χ2n) is 6.49. The number of allylic oxidation sites excluding steroid dienone is 1. The smallest absolute Gasteiger partial charge is 0.0991 e. The van der Waals surface area contributed by atoms with Crippen LogP contribution in [0.5, 0.6) is 0 Å². The lowest BCUT2D eigenvalue weighted by Crippen LogP contribution is -2.49. The molecule has 1 aromatic rings. The predicted molar refractivity (Wildman–Crippen MR) is 87.3 cm³/mol. The Hall–Kier alpha value is -2.23. The Labute approximate surface area is 131 Å². The van der Waals surface area contributed by atoms with Crippen LogP contribution < -0.4 is 4.90 Å². The Bertz CT molecular complexity index is 689. The first-order valence-electron chi connectivity index (χ1n) is 7.98. The monoisotopic (exact) mass is 289 g/mol. The van der Waals surface area contributed by atoms with Gasteiger partial charge in [0.15, 0.2) is 0 Å². The molecule has 22 heavy (non-hydrogen) atoms. The van der Waals surface area contributed by atoms with E-state index in [-0.39, 0.29) is 0 Å². The molecular weight excluding hydrogens is 270 g/mol. The van der Waals surface area contributed by atoms with Crippen molar-refractivity contribution in [3.05, 3.63) is 41.5 Å². The van der Waals surface area contributed by atoms with Crippen LogP contribution in [0.15, 0.2) is 35.9 Å². The SMILES string of the molecule is C#CC1=C[C@H](N2C[C@@H]3C[C@H]2CN3c2ccc(C#N)cc2)CC1. The highest BCUT2D eigenvalue weighted by Crippen LogP contribution is 2.38. The maximum absolute atomic E-state index is 8.91. The molecule has 110 valence electrons. The number of benzene rings is 1. The summed E-state index contributed by atoms with van der Waals surface area (Å²) in [6, 6.07) is 12.0. The summed E-state index contributed by atoms with van der Waals surface area (Å²) in [5.41, 5.74) is 3.15. The largest absolute Gasteiger partial charge is 0.366 e. The first kappa shape index (κ1) is 13.4. The Kier molecular flexibility index (Phi) is 3.17. The molecular formula is C19H19N3. The van der Waals surface area contributed by atoms with Crippen LogP contribution in [0.1, 0.15) is 24.8 Å². The van der Waals surface area contributed by atoms with Crippen LogP contribution in [0, 0.1) is 23.7 Å². The molecule has 0 amide bonds. The minimum Gasteiger partial charge on any atom is -0.366 e. The summed E-state index contributed by atoms with van der Waals surface area (Å²) in [6.45, 7) is 2.22. The first-order valence-corrected chi connectivity index (χ1v) is 7.98. The van der Waals surface area contributed by atoms with Gasteiger partial charge in [-0.2, -0.15) is 5.26 Å². The van der Waals surface area contributed by atoms with E-state index in [4.69, 9.17) is 11.7 Å². The molecule has 3 atom stereocenters. The summed E-state index contributed by atoms with van der Waals surface area (Å²) >= 11 is 0. The van der Waals surface area contributed by atoms with Crippen LogP contribution >= 0.6 is 0 Å². The molecule has 0 spiro atoms. The summed E-state index contributed by atoms with van der Waals surface area (Å²) in [5, 5.41) is 8.91. The molecule has 3 heteroatoms. The van der Waals surface area contributed by atoms with Crippen LogP contribution in [0.4, 0.5) is 5.69 Å². The van der Waals surface area contributed by atoms with Crippen molar-refractivity contribution in [2.45, 2.75) is 37.4 Å². The highest BCUT2D eigenvalue weighted by atomic mass is 15.4. The van der Waals surface area contributed by atoms with Gasteiger partial charge in [0.1, 0.15) is 0 Å². The zero-order chi connectivity index (χ0) is 15.1. The van der Waals surface area contributed by atoms with Crippen molar-refractivity contribution >= 4 is 5.69 Å². The van der Waals surface area contributed by atoms with Crippen molar-refractivity contribution < 1.29 is 0 Å². The van der Waals surface area contributed by atoms with Crippen LogP contribution in [-0.2, 0) is 0 Å². The van der Waals surface area contributed by atoms with Crippen molar-refractivity contribution in [1.29, 1.82) is 5.26 Å². The van der Waals surface area contributed by atoms with Gasteiger partial charge >= 0.3 is 0 Å². The van der Waals surface area contributed by atoms with Crippen LogP contribution in [-0.4, -0.2) is 36.1 Å². The predicted octanol–water partition coefficient (Wildman–Crippen LogP) is 2.54. The first-order chi connectivity index (χ1) is 10.8. The lowest BCUT2D eigenvalue weighted by Gasteiger charge is -2.38. The number of anilines is 1. The van der Waals surface area contributed by atoms with Gasteiger partial charge in [-0.3, -0.25) is 4.90 Å². The average molecular weight is 289 g/mol. The van der Waals surface area contributed by atoms with Gasteiger partial charge in [-0.05, 0) is 49.1 Å². The van der Waals surface area contributed by atoms with Crippen molar-refractivity contribution in [3.8, 4) is 18.4 Å². The maximum atomic E-state index is 8.91. The molecule has 0 radical (unpaired) electrons. The van der Waals surface area contributed by atoms with E-state index in [0.29, 0.717) is 18.1 Å². The van der Waals surface area contributed by atoms with Crippen molar-refractivity contribution in [1.82, 2.24) is 4.90 Å². The number of terminal acetylenes is 1.